The molecule has 3 heteroatoms. The summed E-state index contributed by atoms with van der Waals surface area (Å²) < 4.78 is 14.0. The van der Waals surface area contributed by atoms with Crippen molar-refractivity contribution >= 4 is 11.4 Å². The molecular weight excluding hydrogens is 239 g/mol. The summed E-state index contributed by atoms with van der Waals surface area (Å²) in [5.41, 5.74) is 1.79. The van der Waals surface area contributed by atoms with Gasteiger partial charge in [0.05, 0.1) is 5.69 Å². The summed E-state index contributed by atoms with van der Waals surface area (Å²) in [6.45, 7) is 11.6. The molecule has 1 aromatic rings. The Morgan fingerprint density at radius 3 is 2.37 bits per heavy atom. The van der Waals surface area contributed by atoms with Gasteiger partial charge in [0.2, 0.25) is 0 Å². The van der Waals surface area contributed by atoms with E-state index < -0.39 is 0 Å². The molecule has 0 heterocycles. The molecule has 0 spiro atoms. The minimum absolute atomic E-state index is 0.169. The van der Waals surface area contributed by atoms with Crippen LogP contribution in [0, 0.1) is 11.2 Å². The van der Waals surface area contributed by atoms with Crippen LogP contribution < -0.4 is 10.2 Å². The Bertz CT molecular complexity index is 408. The van der Waals surface area contributed by atoms with Gasteiger partial charge < -0.3 is 10.2 Å². The summed E-state index contributed by atoms with van der Waals surface area (Å²) in [5.74, 6) is -0.169. The van der Waals surface area contributed by atoms with Crippen LogP contribution in [0.4, 0.5) is 15.8 Å². The molecule has 1 N–H and O–H groups in total. The standard InChI is InChI=1S/C16H27FN2/c1-12(2)19(6)15-8-7-13(11-14(15)17)18-10-9-16(3,4)5/h7-8,11-12,18H,9-10H2,1-6H3. The topological polar surface area (TPSA) is 15.3 Å². The fraction of sp³-hybridized carbons (Fsp3) is 0.625. The Morgan fingerprint density at radius 1 is 1.26 bits per heavy atom. The van der Waals surface area contributed by atoms with Crippen LogP contribution in [-0.4, -0.2) is 19.6 Å². The number of hydrogen-bond donors (Lipinski definition) is 1. The van der Waals surface area contributed by atoms with E-state index in [2.05, 4.69) is 39.9 Å². The van der Waals surface area contributed by atoms with Crippen molar-refractivity contribution in [3.05, 3.63) is 24.0 Å². The number of anilines is 2. The van der Waals surface area contributed by atoms with E-state index in [1.807, 2.05) is 24.1 Å². The first-order valence-corrected chi connectivity index (χ1v) is 6.97. The van der Waals surface area contributed by atoms with Crippen LogP contribution in [0.15, 0.2) is 18.2 Å². The van der Waals surface area contributed by atoms with Crippen LogP contribution in [0.2, 0.25) is 0 Å². The largest absolute Gasteiger partial charge is 0.385 e. The molecule has 0 aliphatic rings. The summed E-state index contributed by atoms with van der Waals surface area (Å²) in [5, 5.41) is 3.28. The van der Waals surface area contributed by atoms with Gasteiger partial charge in [-0.25, -0.2) is 4.39 Å². The van der Waals surface area contributed by atoms with Crippen molar-refractivity contribution in [3.8, 4) is 0 Å². The van der Waals surface area contributed by atoms with Gasteiger partial charge in [-0.15, -0.1) is 0 Å². The normalized spacial score (nSPS) is 11.8. The highest BCUT2D eigenvalue weighted by Gasteiger charge is 2.12. The van der Waals surface area contributed by atoms with Crippen molar-refractivity contribution < 1.29 is 4.39 Å². The lowest BCUT2D eigenvalue weighted by molar-refractivity contribution is 0.390. The van der Waals surface area contributed by atoms with E-state index in [9.17, 15) is 4.39 Å². The lowest BCUT2D eigenvalue weighted by atomic mass is 9.92. The van der Waals surface area contributed by atoms with Gasteiger partial charge >= 0.3 is 0 Å². The smallest absolute Gasteiger partial charge is 0.148 e. The molecule has 1 rings (SSSR count). The van der Waals surface area contributed by atoms with Crippen molar-refractivity contribution in [2.24, 2.45) is 5.41 Å². The van der Waals surface area contributed by atoms with E-state index in [4.69, 9.17) is 0 Å². The predicted octanol–water partition coefficient (Wildman–Crippen LogP) is 4.52. The van der Waals surface area contributed by atoms with Crippen LogP contribution in [-0.2, 0) is 0 Å². The van der Waals surface area contributed by atoms with Gasteiger partial charge in [0.1, 0.15) is 5.82 Å². The zero-order chi connectivity index (χ0) is 14.6. The SMILES string of the molecule is CC(C)N(C)c1ccc(NCCC(C)(C)C)cc1F. The zero-order valence-electron chi connectivity index (χ0n) is 13.0. The van der Waals surface area contributed by atoms with Gasteiger partial charge in [-0.3, -0.25) is 0 Å². The zero-order valence-corrected chi connectivity index (χ0v) is 13.0. The molecule has 1 aromatic carbocycles. The number of hydrogen-bond acceptors (Lipinski definition) is 2. The van der Waals surface area contributed by atoms with Crippen LogP contribution in [0.25, 0.3) is 0 Å². The molecule has 0 aliphatic heterocycles. The highest BCUT2D eigenvalue weighted by Crippen LogP contribution is 2.24. The Hall–Kier alpha value is -1.25. The van der Waals surface area contributed by atoms with Crippen molar-refractivity contribution in [1.29, 1.82) is 0 Å². The molecule has 0 fully saturated rings. The summed E-state index contributed by atoms with van der Waals surface area (Å²) in [6.07, 6.45) is 1.06. The maximum absolute atomic E-state index is 14.0. The molecular formula is C16H27FN2. The Kier molecular flexibility index (Phi) is 5.21. The molecule has 2 nitrogen and oxygen atoms in total. The minimum Gasteiger partial charge on any atom is -0.385 e. The summed E-state index contributed by atoms with van der Waals surface area (Å²) in [4.78, 5) is 1.94. The third kappa shape index (κ3) is 5.09. The fourth-order valence-corrected chi connectivity index (χ4v) is 1.76. The van der Waals surface area contributed by atoms with E-state index in [-0.39, 0.29) is 11.9 Å². The monoisotopic (exact) mass is 266 g/mol. The van der Waals surface area contributed by atoms with E-state index in [1.165, 1.54) is 0 Å². The molecule has 0 aliphatic carbocycles. The quantitative estimate of drug-likeness (QED) is 0.843. The van der Waals surface area contributed by atoms with Gasteiger partial charge in [0.25, 0.3) is 0 Å². The molecule has 0 aromatic heterocycles. The first-order chi connectivity index (χ1) is 8.70. The average Bonchev–Trinajstić information content (AvgIpc) is 2.26. The number of nitrogens with one attached hydrogen (secondary N) is 1. The van der Waals surface area contributed by atoms with Gasteiger partial charge in [-0.2, -0.15) is 0 Å². The highest BCUT2D eigenvalue weighted by atomic mass is 19.1. The molecule has 0 saturated carbocycles. The van der Waals surface area contributed by atoms with Crippen molar-refractivity contribution in [2.45, 2.75) is 47.1 Å². The van der Waals surface area contributed by atoms with E-state index in [1.54, 1.807) is 6.07 Å². The molecule has 0 saturated heterocycles. The minimum atomic E-state index is -0.169. The molecule has 0 unspecified atom stereocenters. The molecule has 0 bridgehead atoms. The number of benzene rings is 1. The van der Waals surface area contributed by atoms with Crippen LogP contribution in [0.3, 0.4) is 0 Å². The van der Waals surface area contributed by atoms with Crippen LogP contribution in [0.1, 0.15) is 41.0 Å². The van der Waals surface area contributed by atoms with Gasteiger partial charge in [0, 0.05) is 25.3 Å². The molecule has 0 atom stereocenters. The van der Waals surface area contributed by atoms with Crippen LogP contribution >= 0.6 is 0 Å². The first kappa shape index (κ1) is 15.8. The van der Waals surface area contributed by atoms with E-state index in [0.29, 0.717) is 11.1 Å². The van der Waals surface area contributed by atoms with Gasteiger partial charge in [-0.05, 0) is 43.9 Å². The van der Waals surface area contributed by atoms with Crippen molar-refractivity contribution in [2.75, 3.05) is 23.8 Å². The predicted molar refractivity (Wildman–Crippen MR) is 82.5 cm³/mol. The average molecular weight is 266 g/mol. The molecule has 0 amide bonds. The Labute approximate surface area is 117 Å². The van der Waals surface area contributed by atoms with Crippen molar-refractivity contribution in [1.82, 2.24) is 0 Å². The lowest BCUT2D eigenvalue weighted by Gasteiger charge is -2.24. The fourth-order valence-electron chi connectivity index (χ4n) is 1.76. The third-order valence-corrected chi connectivity index (χ3v) is 3.31. The number of nitrogens with zero attached hydrogens (tertiary/aromatic N) is 1. The van der Waals surface area contributed by atoms with Gasteiger partial charge in [-0.1, -0.05) is 20.8 Å². The first-order valence-electron chi connectivity index (χ1n) is 6.97. The molecule has 0 radical (unpaired) electrons. The Balaban J connectivity index is 2.67. The lowest BCUT2D eigenvalue weighted by Crippen LogP contribution is -2.26. The molecule has 108 valence electrons. The van der Waals surface area contributed by atoms with E-state index >= 15 is 0 Å². The second-order valence-corrected chi connectivity index (χ2v) is 6.61. The summed E-state index contributed by atoms with van der Waals surface area (Å²) in [6, 6.07) is 5.65. The molecule has 19 heavy (non-hydrogen) atoms. The Morgan fingerprint density at radius 2 is 1.89 bits per heavy atom. The summed E-state index contributed by atoms with van der Waals surface area (Å²) >= 11 is 0. The summed E-state index contributed by atoms with van der Waals surface area (Å²) in [7, 11) is 1.91. The second-order valence-electron chi connectivity index (χ2n) is 6.61. The number of halogens is 1. The van der Waals surface area contributed by atoms with Crippen molar-refractivity contribution in [3.63, 3.8) is 0 Å². The van der Waals surface area contributed by atoms with Gasteiger partial charge in [0.15, 0.2) is 0 Å². The maximum Gasteiger partial charge on any atom is 0.148 e. The number of rotatable bonds is 5. The third-order valence-electron chi connectivity index (χ3n) is 3.31. The van der Waals surface area contributed by atoms with E-state index in [0.717, 1.165) is 18.7 Å². The highest BCUT2D eigenvalue weighted by molar-refractivity contribution is 5.56. The second kappa shape index (κ2) is 6.27. The van der Waals surface area contributed by atoms with Crippen LogP contribution in [0.5, 0.6) is 0 Å². The maximum atomic E-state index is 14.0.